The van der Waals surface area contributed by atoms with Crippen LogP contribution in [-0.2, 0) is 16.8 Å². The lowest BCUT2D eigenvalue weighted by molar-refractivity contribution is -0.120. The highest BCUT2D eigenvalue weighted by molar-refractivity contribution is 9.10. The van der Waals surface area contributed by atoms with E-state index >= 15 is 0 Å². The second-order valence-corrected chi connectivity index (χ2v) is 9.31. The van der Waals surface area contributed by atoms with Crippen LogP contribution in [-0.4, -0.2) is 29.7 Å². The number of aliphatic hydroxyl groups is 1. The van der Waals surface area contributed by atoms with E-state index in [1.807, 2.05) is 12.1 Å². The van der Waals surface area contributed by atoms with Gasteiger partial charge in [-0.2, -0.15) is 0 Å². The normalized spacial score (nSPS) is 17.7. The van der Waals surface area contributed by atoms with Gasteiger partial charge in [-0.1, -0.05) is 47.3 Å². The Kier molecular flexibility index (Phi) is 8.19. The first-order valence-corrected chi connectivity index (χ1v) is 11.5. The number of rotatable bonds is 8. The van der Waals surface area contributed by atoms with Gasteiger partial charge in [-0.05, 0) is 54.7 Å². The van der Waals surface area contributed by atoms with Gasteiger partial charge in [0.2, 0.25) is 5.91 Å². The highest BCUT2D eigenvalue weighted by Gasteiger charge is 2.35. The molecule has 168 valence electrons. The summed E-state index contributed by atoms with van der Waals surface area (Å²) in [6.07, 6.45) is 4.47. The van der Waals surface area contributed by atoms with Crippen molar-refractivity contribution in [3.63, 3.8) is 0 Å². The van der Waals surface area contributed by atoms with Crippen molar-refractivity contribution in [3.05, 3.63) is 69.7 Å². The topological polar surface area (TPSA) is 61.4 Å². The minimum absolute atomic E-state index is 0.126. The number of hydrogen-bond donors (Lipinski definition) is 3. The molecule has 1 saturated carbocycles. The van der Waals surface area contributed by atoms with Crippen LogP contribution >= 0.6 is 15.9 Å². The maximum absolute atomic E-state index is 13.6. The summed E-state index contributed by atoms with van der Waals surface area (Å²) in [7, 11) is 0. The van der Waals surface area contributed by atoms with Crippen molar-refractivity contribution in [2.24, 2.45) is 0 Å². The Morgan fingerprint density at radius 1 is 1.13 bits per heavy atom. The molecule has 1 unspecified atom stereocenters. The van der Waals surface area contributed by atoms with Gasteiger partial charge in [0.25, 0.3) is 0 Å². The van der Waals surface area contributed by atoms with Gasteiger partial charge in [0.15, 0.2) is 0 Å². The van der Waals surface area contributed by atoms with Crippen molar-refractivity contribution in [3.8, 4) is 0 Å². The van der Waals surface area contributed by atoms with Gasteiger partial charge >= 0.3 is 0 Å². The van der Waals surface area contributed by atoms with Crippen LogP contribution in [0, 0.1) is 11.6 Å². The molecule has 0 spiro atoms. The van der Waals surface area contributed by atoms with Crippen molar-refractivity contribution >= 4 is 21.8 Å². The van der Waals surface area contributed by atoms with E-state index in [-0.39, 0.29) is 24.4 Å². The van der Waals surface area contributed by atoms with Crippen LogP contribution in [0.1, 0.15) is 50.2 Å². The van der Waals surface area contributed by atoms with E-state index in [1.54, 1.807) is 0 Å². The monoisotopic (exact) mass is 494 g/mol. The molecule has 0 aliphatic heterocycles. The van der Waals surface area contributed by atoms with Crippen LogP contribution in [0.3, 0.4) is 0 Å². The van der Waals surface area contributed by atoms with Gasteiger partial charge < -0.3 is 15.7 Å². The van der Waals surface area contributed by atoms with E-state index in [9.17, 15) is 18.7 Å². The first-order chi connectivity index (χ1) is 14.8. The van der Waals surface area contributed by atoms with Crippen LogP contribution in [0.15, 0.2) is 46.9 Å². The van der Waals surface area contributed by atoms with Gasteiger partial charge in [0.1, 0.15) is 11.6 Å². The molecule has 7 heteroatoms. The number of aliphatic hydroxyl groups excluding tert-OH is 1. The van der Waals surface area contributed by atoms with Crippen molar-refractivity contribution in [1.82, 2.24) is 10.6 Å². The van der Waals surface area contributed by atoms with E-state index in [0.29, 0.717) is 5.56 Å². The van der Waals surface area contributed by atoms with E-state index in [0.717, 1.165) is 41.8 Å². The van der Waals surface area contributed by atoms with Crippen molar-refractivity contribution < 1.29 is 18.7 Å². The Morgan fingerprint density at radius 3 is 2.42 bits per heavy atom. The minimum atomic E-state index is -0.929. The Balaban J connectivity index is 1.76. The van der Waals surface area contributed by atoms with E-state index < -0.39 is 23.8 Å². The zero-order chi connectivity index (χ0) is 22.4. The summed E-state index contributed by atoms with van der Waals surface area (Å²) >= 11 is 3.55. The molecule has 2 aromatic carbocycles. The number of hydrogen-bond acceptors (Lipinski definition) is 3. The molecule has 0 saturated heterocycles. The molecular formula is C24H29BrF2N2O2. The summed E-state index contributed by atoms with van der Waals surface area (Å²) in [5, 5.41) is 17.2. The molecule has 1 fully saturated rings. The van der Waals surface area contributed by atoms with Crippen LogP contribution in [0.5, 0.6) is 0 Å². The first-order valence-electron chi connectivity index (χ1n) is 10.7. The van der Waals surface area contributed by atoms with Crippen LogP contribution in [0.4, 0.5) is 8.78 Å². The second-order valence-electron chi connectivity index (χ2n) is 8.39. The molecule has 0 aromatic heterocycles. The van der Waals surface area contributed by atoms with Crippen molar-refractivity contribution in [2.75, 3.05) is 6.54 Å². The summed E-state index contributed by atoms with van der Waals surface area (Å²) in [6.45, 7) is 1.61. The quantitative estimate of drug-likeness (QED) is 0.503. The molecule has 4 nitrogen and oxygen atoms in total. The van der Waals surface area contributed by atoms with Gasteiger partial charge in [-0.25, -0.2) is 8.78 Å². The Bertz CT molecular complexity index is 883. The second kappa shape index (κ2) is 10.7. The zero-order valence-electron chi connectivity index (χ0n) is 17.6. The predicted octanol–water partition coefficient (Wildman–Crippen LogP) is 4.58. The van der Waals surface area contributed by atoms with Gasteiger partial charge in [-0.3, -0.25) is 4.79 Å². The van der Waals surface area contributed by atoms with Gasteiger partial charge in [0.05, 0.1) is 12.1 Å². The third-order valence-corrected chi connectivity index (χ3v) is 6.46. The highest BCUT2D eigenvalue weighted by Crippen LogP contribution is 2.38. The lowest BCUT2D eigenvalue weighted by atomic mass is 9.76. The maximum Gasteiger partial charge on any atom is 0.217 e. The van der Waals surface area contributed by atoms with E-state index in [1.165, 1.54) is 25.5 Å². The van der Waals surface area contributed by atoms with Crippen LogP contribution < -0.4 is 10.6 Å². The molecule has 1 amide bonds. The van der Waals surface area contributed by atoms with E-state index in [4.69, 9.17) is 0 Å². The Labute approximate surface area is 190 Å². The number of benzene rings is 2. The fourth-order valence-electron chi connectivity index (χ4n) is 4.48. The molecule has 1 aliphatic rings. The number of nitrogens with one attached hydrogen (secondary N) is 2. The third kappa shape index (κ3) is 6.57. The fraction of sp³-hybridized carbons (Fsp3) is 0.458. The maximum atomic E-state index is 13.6. The van der Waals surface area contributed by atoms with Gasteiger partial charge in [0, 0.05) is 29.5 Å². The molecule has 1 aliphatic carbocycles. The molecule has 3 rings (SSSR count). The van der Waals surface area contributed by atoms with Gasteiger partial charge in [-0.15, -0.1) is 0 Å². The number of halogens is 3. The molecule has 3 N–H and O–H groups in total. The fourth-order valence-corrected chi connectivity index (χ4v) is 4.88. The van der Waals surface area contributed by atoms with E-state index in [2.05, 4.69) is 38.7 Å². The number of carbonyl (C=O) groups is 1. The molecule has 2 atom stereocenters. The summed E-state index contributed by atoms with van der Waals surface area (Å²) in [5.41, 5.74) is 1.29. The smallest absolute Gasteiger partial charge is 0.217 e. The lowest BCUT2D eigenvalue weighted by Gasteiger charge is -2.40. The predicted molar refractivity (Wildman–Crippen MR) is 121 cm³/mol. The molecule has 31 heavy (non-hydrogen) atoms. The lowest BCUT2D eigenvalue weighted by Crippen LogP contribution is -2.53. The largest absolute Gasteiger partial charge is 0.390 e. The van der Waals surface area contributed by atoms with Crippen molar-refractivity contribution in [2.45, 2.75) is 63.1 Å². The summed E-state index contributed by atoms with van der Waals surface area (Å²) in [6, 6.07) is 10.8. The standard InChI is InChI=1S/C24H29BrF2N2O2/c1-16(30)29-22(12-17-10-20(26)14-21(27)11-17)23(31)15-28-24(8-3-2-4-9-24)18-6-5-7-19(25)13-18/h5-7,10-11,13-14,22-23,28,31H,2-4,8-9,12,15H2,1H3,(H,29,30)/t22?,23-/m1/s1. The van der Waals surface area contributed by atoms with Crippen LogP contribution in [0.2, 0.25) is 0 Å². The first kappa shape index (κ1) is 23.8. The Morgan fingerprint density at radius 2 is 1.81 bits per heavy atom. The van der Waals surface area contributed by atoms with Crippen molar-refractivity contribution in [1.29, 1.82) is 0 Å². The zero-order valence-corrected chi connectivity index (χ0v) is 19.2. The molecule has 0 radical (unpaired) electrons. The SMILES string of the molecule is CC(=O)NC(Cc1cc(F)cc(F)c1)[C@H](O)CNC1(c2cccc(Br)c2)CCCCC1. The molecular weight excluding hydrogens is 466 g/mol. The average molecular weight is 495 g/mol. The summed E-state index contributed by atoms with van der Waals surface area (Å²) in [4.78, 5) is 11.7. The highest BCUT2D eigenvalue weighted by atomic mass is 79.9. The Hall–Kier alpha value is -1.83. The number of amides is 1. The average Bonchev–Trinajstić information content (AvgIpc) is 2.71. The number of carbonyl (C=O) groups excluding carboxylic acids is 1. The molecule has 0 heterocycles. The third-order valence-electron chi connectivity index (χ3n) is 5.96. The molecule has 0 bridgehead atoms. The molecule has 2 aromatic rings. The summed E-state index contributed by atoms with van der Waals surface area (Å²) in [5.74, 6) is -1.67. The van der Waals surface area contributed by atoms with Crippen LogP contribution in [0.25, 0.3) is 0 Å². The minimum Gasteiger partial charge on any atom is -0.390 e. The summed E-state index contributed by atoms with van der Waals surface area (Å²) < 4.78 is 28.2.